The largest absolute Gasteiger partial charge is 0.481 e. The number of amides is 1. The van der Waals surface area contributed by atoms with Crippen LogP contribution in [0.5, 0.6) is 0 Å². The number of carboxylic acids is 1. The quantitative estimate of drug-likeness (QED) is 0.330. The number of hydrogen-bond acceptors (Lipinski definition) is 4. The first-order valence-corrected chi connectivity index (χ1v) is 15.7. The third-order valence-electron chi connectivity index (χ3n) is 8.27. The maximum absolute atomic E-state index is 14.6. The van der Waals surface area contributed by atoms with Crippen molar-refractivity contribution in [2.75, 3.05) is 6.54 Å². The molecule has 0 unspecified atom stereocenters. The molecule has 39 heavy (non-hydrogen) atoms. The third kappa shape index (κ3) is 6.45. The van der Waals surface area contributed by atoms with Crippen LogP contribution in [0.1, 0.15) is 76.0 Å². The van der Waals surface area contributed by atoms with Gasteiger partial charge in [-0.3, -0.25) is 9.59 Å². The summed E-state index contributed by atoms with van der Waals surface area (Å²) in [4.78, 5) is 28.5. The summed E-state index contributed by atoms with van der Waals surface area (Å²) in [5, 5.41) is 10.4. The van der Waals surface area contributed by atoms with Crippen LogP contribution in [-0.4, -0.2) is 48.1 Å². The van der Waals surface area contributed by atoms with Gasteiger partial charge in [0.2, 0.25) is 15.9 Å². The van der Waals surface area contributed by atoms with E-state index in [1.165, 1.54) is 0 Å². The first-order valence-electron chi connectivity index (χ1n) is 13.4. The Labute approximate surface area is 240 Å². The normalized spacial score (nSPS) is 24.7. The Balaban J connectivity index is 1.91. The van der Waals surface area contributed by atoms with E-state index in [0.717, 1.165) is 24.0 Å². The number of likely N-dealkylation sites (tertiary alicyclic amines) is 1. The Morgan fingerprint density at radius 2 is 1.77 bits per heavy atom. The molecular formula is C29H36Cl2N2O5S. The lowest BCUT2D eigenvalue weighted by molar-refractivity contribution is -0.162. The Morgan fingerprint density at radius 1 is 1.10 bits per heavy atom. The topological polar surface area (TPSA) is 104 Å². The maximum Gasteiger partial charge on any atom is 0.304 e. The van der Waals surface area contributed by atoms with Gasteiger partial charge in [0.15, 0.2) is 0 Å². The first-order chi connectivity index (χ1) is 18.4. The smallest absolute Gasteiger partial charge is 0.304 e. The van der Waals surface area contributed by atoms with Crippen molar-refractivity contribution in [2.24, 2.45) is 11.3 Å². The molecule has 212 valence electrons. The second-order valence-corrected chi connectivity index (χ2v) is 14.3. The average Bonchev–Trinajstić information content (AvgIpc) is 3.71. The molecule has 1 aliphatic carbocycles. The lowest BCUT2D eigenvalue weighted by atomic mass is 9.64. The first kappa shape index (κ1) is 29.8. The fourth-order valence-corrected chi connectivity index (χ4v) is 6.92. The fourth-order valence-electron chi connectivity index (χ4n) is 5.86. The van der Waals surface area contributed by atoms with Crippen LogP contribution in [0, 0.1) is 11.3 Å². The molecule has 2 aliphatic rings. The molecule has 1 aliphatic heterocycles. The lowest BCUT2D eigenvalue weighted by Gasteiger charge is -2.53. The number of halogens is 2. The van der Waals surface area contributed by atoms with Crippen molar-refractivity contribution in [3.05, 3.63) is 69.7 Å². The van der Waals surface area contributed by atoms with Gasteiger partial charge in [0.1, 0.15) is 0 Å². The van der Waals surface area contributed by atoms with Gasteiger partial charge >= 0.3 is 5.97 Å². The van der Waals surface area contributed by atoms with Gasteiger partial charge in [0, 0.05) is 28.5 Å². The van der Waals surface area contributed by atoms with E-state index in [2.05, 4.69) is 4.72 Å². The molecule has 1 heterocycles. The number of piperidine rings is 1. The van der Waals surface area contributed by atoms with Crippen LogP contribution in [0.2, 0.25) is 10.0 Å². The SMILES string of the molecule is CC[C@@]1(CC(=O)O)C[C@H](c2cccc(Cl)c2)[C@@H](c2ccc(Cl)cc2)N([C@H](CNS(=O)(=O)C(C)C)C2CC2)C1=O. The number of nitrogens with one attached hydrogen (secondary N) is 1. The number of sulfonamides is 1. The number of benzene rings is 2. The summed E-state index contributed by atoms with van der Waals surface area (Å²) in [6.45, 7) is 5.14. The number of carbonyl (C=O) groups is 2. The van der Waals surface area contributed by atoms with Gasteiger partial charge < -0.3 is 10.0 Å². The fraction of sp³-hybridized carbons (Fsp3) is 0.517. The third-order valence-corrected chi connectivity index (χ3v) is 10.6. The van der Waals surface area contributed by atoms with Crippen molar-refractivity contribution in [3.63, 3.8) is 0 Å². The van der Waals surface area contributed by atoms with E-state index >= 15 is 0 Å². The summed E-state index contributed by atoms with van der Waals surface area (Å²) < 4.78 is 28.3. The van der Waals surface area contributed by atoms with Crippen LogP contribution < -0.4 is 4.72 Å². The molecule has 7 nitrogen and oxygen atoms in total. The van der Waals surface area contributed by atoms with Crippen molar-refractivity contribution in [3.8, 4) is 0 Å². The van der Waals surface area contributed by atoms with Gasteiger partial charge in [-0.25, -0.2) is 13.1 Å². The monoisotopic (exact) mass is 594 g/mol. The van der Waals surface area contributed by atoms with E-state index in [4.69, 9.17) is 23.2 Å². The molecule has 2 N–H and O–H groups in total. The van der Waals surface area contributed by atoms with Gasteiger partial charge in [-0.05, 0) is 80.8 Å². The predicted molar refractivity (Wildman–Crippen MR) is 153 cm³/mol. The van der Waals surface area contributed by atoms with Gasteiger partial charge in [0.05, 0.1) is 23.1 Å². The number of hydrogen-bond donors (Lipinski definition) is 2. The summed E-state index contributed by atoms with van der Waals surface area (Å²) in [5.74, 6) is -1.45. The van der Waals surface area contributed by atoms with Crippen molar-refractivity contribution in [1.29, 1.82) is 0 Å². The lowest BCUT2D eigenvalue weighted by Crippen LogP contribution is -2.59. The molecule has 10 heteroatoms. The molecule has 2 fully saturated rings. The average molecular weight is 596 g/mol. The van der Waals surface area contributed by atoms with Crippen LogP contribution in [0.25, 0.3) is 0 Å². The summed E-state index contributed by atoms with van der Waals surface area (Å²) in [6, 6.07) is 13.9. The van der Waals surface area contributed by atoms with Crippen molar-refractivity contribution < 1.29 is 23.1 Å². The van der Waals surface area contributed by atoms with Crippen LogP contribution >= 0.6 is 23.2 Å². The summed E-state index contributed by atoms with van der Waals surface area (Å²) in [5.41, 5.74) is 0.613. The molecule has 1 saturated heterocycles. The summed E-state index contributed by atoms with van der Waals surface area (Å²) in [6.07, 6.45) is 2.09. The highest BCUT2D eigenvalue weighted by molar-refractivity contribution is 7.90. The standard InChI is InChI=1S/C29H36Cl2N2O5S/c1-4-29(16-26(34)35)15-24(21-6-5-7-23(31)14-21)27(20-10-12-22(30)13-11-20)33(28(29)36)25(19-8-9-19)17-32-39(37,38)18(2)3/h5-7,10-14,18-19,24-25,27,32H,4,8-9,15-17H2,1-3H3,(H,34,35)/t24-,25-,27-,29+/m1/s1. The Hall–Kier alpha value is -2.13. The zero-order chi connectivity index (χ0) is 28.5. The van der Waals surface area contributed by atoms with Crippen molar-refractivity contribution >= 4 is 45.1 Å². The van der Waals surface area contributed by atoms with E-state index in [0.29, 0.717) is 22.9 Å². The Bertz CT molecular complexity index is 1310. The van der Waals surface area contributed by atoms with Crippen molar-refractivity contribution in [2.45, 2.75) is 76.1 Å². The molecule has 4 rings (SSSR count). The van der Waals surface area contributed by atoms with E-state index in [-0.39, 0.29) is 30.7 Å². The Kier molecular flexibility index (Phi) is 9.01. The zero-order valence-corrected chi connectivity index (χ0v) is 24.8. The number of carboxylic acid groups (broad SMARTS) is 1. The molecule has 0 radical (unpaired) electrons. The molecule has 0 bridgehead atoms. The number of rotatable bonds is 11. The molecular weight excluding hydrogens is 559 g/mol. The minimum atomic E-state index is -3.58. The van der Waals surface area contributed by atoms with Gasteiger partial charge in [0.25, 0.3) is 0 Å². The molecule has 0 spiro atoms. The van der Waals surface area contributed by atoms with E-state index in [9.17, 15) is 23.1 Å². The molecule has 0 aromatic heterocycles. The second-order valence-electron chi connectivity index (χ2n) is 11.1. The van der Waals surface area contributed by atoms with Gasteiger partial charge in [-0.15, -0.1) is 0 Å². The molecule has 1 saturated carbocycles. The van der Waals surface area contributed by atoms with Crippen LogP contribution in [0.3, 0.4) is 0 Å². The highest BCUT2D eigenvalue weighted by Gasteiger charge is 2.55. The number of aliphatic carboxylic acids is 1. The summed E-state index contributed by atoms with van der Waals surface area (Å²) >= 11 is 12.6. The number of nitrogens with zero attached hydrogens (tertiary/aromatic N) is 1. The van der Waals surface area contributed by atoms with Gasteiger partial charge in [-0.1, -0.05) is 54.4 Å². The maximum atomic E-state index is 14.6. The minimum Gasteiger partial charge on any atom is -0.481 e. The predicted octanol–water partition coefficient (Wildman–Crippen LogP) is 6.03. The number of carbonyl (C=O) groups excluding carboxylic acids is 1. The van der Waals surface area contributed by atoms with E-state index in [1.807, 2.05) is 42.2 Å². The second kappa shape index (κ2) is 11.8. The van der Waals surface area contributed by atoms with Crippen molar-refractivity contribution in [1.82, 2.24) is 9.62 Å². The highest BCUT2D eigenvalue weighted by atomic mass is 35.5. The highest BCUT2D eigenvalue weighted by Crippen LogP contribution is 2.55. The Morgan fingerprint density at radius 3 is 2.31 bits per heavy atom. The minimum absolute atomic E-state index is 0.0656. The molecule has 2 aromatic carbocycles. The van der Waals surface area contributed by atoms with E-state index < -0.39 is 38.7 Å². The van der Waals surface area contributed by atoms with Gasteiger partial charge in [-0.2, -0.15) is 0 Å². The summed E-state index contributed by atoms with van der Waals surface area (Å²) in [7, 11) is -3.58. The molecule has 4 atom stereocenters. The van der Waals surface area contributed by atoms with Crippen LogP contribution in [0.15, 0.2) is 48.5 Å². The van der Waals surface area contributed by atoms with Crippen LogP contribution in [-0.2, 0) is 19.6 Å². The molecule has 1 amide bonds. The van der Waals surface area contributed by atoms with Crippen LogP contribution in [0.4, 0.5) is 0 Å². The zero-order valence-electron chi connectivity index (χ0n) is 22.4. The molecule has 2 aromatic rings. The van der Waals surface area contributed by atoms with E-state index in [1.54, 1.807) is 32.0 Å².